The maximum atomic E-state index is 5.53. The maximum Gasteiger partial charge on any atom is 0.157 e. The number of rotatable bonds is 10. The average Bonchev–Trinajstić information content (AvgIpc) is 2.46. The molecule has 0 aliphatic carbocycles. The molecule has 19 heavy (non-hydrogen) atoms. The first-order valence-corrected chi connectivity index (χ1v) is 7.98. The van der Waals surface area contributed by atoms with E-state index in [1.807, 2.05) is 0 Å². The van der Waals surface area contributed by atoms with Gasteiger partial charge < -0.3 is 9.47 Å². The Morgan fingerprint density at radius 3 is 2.32 bits per heavy atom. The van der Waals surface area contributed by atoms with E-state index in [9.17, 15) is 0 Å². The zero-order valence-electron chi connectivity index (χ0n) is 12.5. The summed E-state index contributed by atoms with van der Waals surface area (Å²) in [5.41, 5.74) is 0. The van der Waals surface area contributed by atoms with Crippen molar-refractivity contribution < 1.29 is 9.47 Å². The zero-order chi connectivity index (χ0) is 13.6. The summed E-state index contributed by atoms with van der Waals surface area (Å²) < 4.78 is 11.1. The summed E-state index contributed by atoms with van der Waals surface area (Å²) in [6.45, 7) is 3.96. The van der Waals surface area contributed by atoms with Gasteiger partial charge in [0.2, 0.25) is 0 Å². The Morgan fingerprint density at radius 2 is 1.58 bits per heavy atom. The van der Waals surface area contributed by atoms with E-state index in [1.54, 1.807) is 0 Å². The second-order valence-electron chi connectivity index (χ2n) is 5.16. The topological polar surface area (TPSA) is 18.5 Å². The van der Waals surface area contributed by atoms with Gasteiger partial charge in [-0.3, -0.25) is 0 Å². The van der Waals surface area contributed by atoms with E-state index >= 15 is 0 Å². The van der Waals surface area contributed by atoms with E-state index in [2.05, 4.69) is 31.2 Å². The van der Waals surface area contributed by atoms with E-state index in [1.165, 1.54) is 44.9 Å². The van der Waals surface area contributed by atoms with Crippen molar-refractivity contribution in [2.75, 3.05) is 13.2 Å². The summed E-state index contributed by atoms with van der Waals surface area (Å²) in [4.78, 5) is 0. The Kier molecular flexibility index (Phi) is 10.8. The van der Waals surface area contributed by atoms with Gasteiger partial charge >= 0.3 is 0 Å². The fraction of sp³-hybridized carbons (Fsp3) is 0.765. The number of allylic oxidation sites excluding steroid dienone is 4. The van der Waals surface area contributed by atoms with Gasteiger partial charge in [-0.25, -0.2) is 0 Å². The van der Waals surface area contributed by atoms with E-state index in [4.69, 9.17) is 9.47 Å². The van der Waals surface area contributed by atoms with Crippen LogP contribution in [0.5, 0.6) is 0 Å². The van der Waals surface area contributed by atoms with Crippen molar-refractivity contribution in [1.82, 2.24) is 0 Å². The summed E-state index contributed by atoms with van der Waals surface area (Å²) >= 11 is 0. The standard InChI is InChI=1S/C17H30O2/c1-2-3-4-5-6-7-8-9-10-11-12-14-17-18-15-13-16-19-17/h4-7,17H,2-3,8-16H2,1H3/b5-4-,7-6+. The lowest BCUT2D eigenvalue weighted by Gasteiger charge is -2.22. The zero-order valence-corrected chi connectivity index (χ0v) is 12.5. The highest BCUT2D eigenvalue weighted by Gasteiger charge is 2.12. The molecule has 0 aromatic carbocycles. The highest BCUT2D eigenvalue weighted by molar-refractivity contribution is 5.02. The second kappa shape index (κ2) is 12.4. The Morgan fingerprint density at radius 1 is 0.895 bits per heavy atom. The summed E-state index contributed by atoms with van der Waals surface area (Å²) in [6, 6.07) is 0. The number of ether oxygens (including phenoxy) is 2. The van der Waals surface area contributed by atoms with Crippen LogP contribution in [0.25, 0.3) is 0 Å². The van der Waals surface area contributed by atoms with Gasteiger partial charge in [-0.05, 0) is 38.5 Å². The molecule has 0 spiro atoms. The minimum absolute atomic E-state index is 0.0809. The molecule has 0 saturated carbocycles. The lowest BCUT2D eigenvalue weighted by Crippen LogP contribution is -2.24. The highest BCUT2D eigenvalue weighted by Crippen LogP contribution is 2.13. The molecule has 1 saturated heterocycles. The molecule has 1 aliphatic rings. The monoisotopic (exact) mass is 266 g/mol. The molecule has 0 amide bonds. The summed E-state index contributed by atoms with van der Waals surface area (Å²) in [7, 11) is 0. The van der Waals surface area contributed by atoms with Gasteiger partial charge in [0.25, 0.3) is 0 Å². The molecule has 1 aliphatic heterocycles. The number of unbranched alkanes of at least 4 members (excludes halogenated alkanes) is 5. The Hall–Kier alpha value is -0.600. The van der Waals surface area contributed by atoms with Crippen LogP contribution in [0, 0.1) is 0 Å². The summed E-state index contributed by atoms with van der Waals surface area (Å²) in [5.74, 6) is 0. The lowest BCUT2D eigenvalue weighted by molar-refractivity contribution is -0.181. The van der Waals surface area contributed by atoms with Crippen LogP contribution >= 0.6 is 0 Å². The van der Waals surface area contributed by atoms with Crippen LogP contribution in [0.3, 0.4) is 0 Å². The molecule has 0 radical (unpaired) electrons. The minimum atomic E-state index is 0.0809. The fourth-order valence-corrected chi connectivity index (χ4v) is 2.15. The van der Waals surface area contributed by atoms with Crippen LogP contribution in [0.1, 0.15) is 64.7 Å². The number of hydrogen-bond donors (Lipinski definition) is 0. The van der Waals surface area contributed by atoms with Gasteiger partial charge in [-0.15, -0.1) is 0 Å². The predicted molar refractivity (Wildman–Crippen MR) is 81.2 cm³/mol. The molecule has 0 N–H and O–H groups in total. The molecular weight excluding hydrogens is 236 g/mol. The van der Waals surface area contributed by atoms with Crippen molar-refractivity contribution in [3.05, 3.63) is 24.3 Å². The van der Waals surface area contributed by atoms with Gasteiger partial charge in [0.15, 0.2) is 6.29 Å². The highest BCUT2D eigenvalue weighted by atomic mass is 16.7. The molecule has 1 fully saturated rings. The van der Waals surface area contributed by atoms with Gasteiger partial charge in [0.1, 0.15) is 0 Å². The second-order valence-corrected chi connectivity index (χ2v) is 5.16. The van der Waals surface area contributed by atoms with Crippen molar-refractivity contribution in [1.29, 1.82) is 0 Å². The molecule has 1 heterocycles. The maximum absolute atomic E-state index is 5.53. The average molecular weight is 266 g/mol. The van der Waals surface area contributed by atoms with Crippen molar-refractivity contribution in [2.45, 2.75) is 71.0 Å². The first-order chi connectivity index (χ1) is 9.43. The number of hydrogen-bond acceptors (Lipinski definition) is 2. The molecule has 2 nitrogen and oxygen atoms in total. The third-order valence-electron chi connectivity index (χ3n) is 3.30. The first kappa shape index (κ1) is 16.5. The molecule has 0 aromatic rings. The predicted octanol–water partition coefficient (Wildman–Crippen LogP) is 5.00. The summed E-state index contributed by atoms with van der Waals surface area (Å²) in [5, 5.41) is 0. The third-order valence-corrected chi connectivity index (χ3v) is 3.30. The van der Waals surface area contributed by atoms with Gasteiger partial charge in [0.05, 0.1) is 13.2 Å². The molecule has 0 bridgehead atoms. The van der Waals surface area contributed by atoms with Crippen molar-refractivity contribution in [2.24, 2.45) is 0 Å². The lowest BCUT2D eigenvalue weighted by atomic mass is 10.1. The van der Waals surface area contributed by atoms with E-state index in [0.717, 1.165) is 26.1 Å². The van der Waals surface area contributed by atoms with E-state index in [0.29, 0.717) is 0 Å². The molecule has 0 atom stereocenters. The van der Waals surface area contributed by atoms with Crippen LogP contribution in [0.4, 0.5) is 0 Å². The first-order valence-electron chi connectivity index (χ1n) is 7.98. The van der Waals surface area contributed by atoms with Crippen molar-refractivity contribution in [3.63, 3.8) is 0 Å². The Balaban J connectivity index is 1.82. The van der Waals surface area contributed by atoms with Gasteiger partial charge in [0, 0.05) is 0 Å². The smallest absolute Gasteiger partial charge is 0.157 e. The summed E-state index contributed by atoms with van der Waals surface area (Å²) in [6.07, 6.45) is 19.8. The fourth-order valence-electron chi connectivity index (χ4n) is 2.15. The largest absolute Gasteiger partial charge is 0.353 e. The normalized spacial score (nSPS) is 17.7. The van der Waals surface area contributed by atoms with Crippen LogP contribution in [-0.4, -0.2) is 19.5 Å². The molecular formula is C17H30O2. The van der Waals surface area contributed by atoms with Gasteiger partial charge in [-0.2, -0.15) is 0 Å². The molecule has 2 heteroatoms. The van der Waals surface area contributed by atoms with E-state index in [-0.39, 0.29) is 6.29 Å². The molecule has 110 valence electrons. The molecule has 0 unspecified atom stereocenters. The van der Waals surface area contributed by atoms with Crippen LogP contribution in [-0.2, 0) is 9.47 Å². The van der Waals surface area contributed by atoms with E-state index < -0.39 is 0 Å². The Labute approximate surface area is 118 Å². The third kappa shape index (κ3) is 9.92. The van der Waals surface area contributed by atoms with Crippen molar-refractivity contribution in [3.8, 4) is 0 Å². The molecule has 0 aromatic heterocycles. The van der Waals surface area contributed by atoms with Crippen LogP contribution < -0.4 is 0 Å². The van der Waals surface area contributed by atoms with Crippen LogP contribution in [0.2, 0.25) is 0 Å². The molecule has 1 rings (SSSR count). The van der Waals surface area contributed by atoms with Crippen molar-refractivity contribution >= 4 is 0 Å². The van der Waals surface area contributed by atoms with Gasteiger partial charge in [-0.1, -0.05) is 50.5 Å². The quantitative estimate of drug-likeness (QED) is 0.409. The Bertz CT molecular complexity index is 240. The SMILES string of the molecule is CCC/C=C\C=C\CCCCCCC1OCCCO1. The van der Waals surface area contributed by atoms with Crippen LogP contribution in [0.15, 0.2) is 24.3 Å². The minimum Gasteiger partial charge on any atom is -0.353 e.